The number of hydrogen-bond donors (Lipinski definition) is 0. The molecule has 0 aliphatic carbocycles. The van der Waals surface area contributed by atoms with Crippen molar-refractivity contribution in [2.45, 2.75) is 13.8 Å². The number of nitrogens with zero attached hydrogens (tertiary/aromatic N) is 1. The summed E-state index contributed by atoms with van der Waals surface area (Å²) in [6.45, 7) is 3.29. The Morgan fingerprint density at radius 3 is 2.57 bits per heavy atom. The van der Waals surface area contributed by atoms with E-state index in [1.165, 1.54) is 18.3 Å². The SMILES string of the molecule is CCOC(=O)c1sc(-c2ccccc2)nc1OCC(C)=O. The van der Waals surface area contributed by atoms with Crippen molar-refractivity contribution in [1.82, 2.24) is 4.98 Å². The first-order chi connectivity index (χ1) is 10.1. The Hall–Kier alpha value is -2.21. The van der Waals surface area contributed by atoms with Crippen LogP contribution in [0.1, 0.15) is 23.5 Å². The molecule has 0 saturated heterocycles. The number of hydrogen-bond acceptors (Lipinski definition) is 6. The number of Topliss-reactive ketones (excluding diaryl/α,β-unsaturated/α-hetero) is 1. The van der Waals surface area contributed by atoms with Crippen molar-refractivity contribution in [3.05, 3.63) is 35.2 Å². The highest BCUT2D eigenvalue weighted by atomic mass is 32.1. The number of esters is 1. The number of carbonyl (C=O) groups excluding carboxylic acids is 2. The van der Waals surface area contributed by atoms with Crippen LogP contribution in [0, 0.1) is 0 Å². The predicted molar refractivity (Wildman–Crippen MR) is 79.7 cm³/mol. The molecule has 0 fully saturated rings. The minimum atomic E-state index is -0.490. The fourth-order valence-electron chi connectivity index (χ4n) is 1.60. The van der Waals surface area contributed by atoms with Crippen LogP contribution in [-0.2, 0) is 9.53 Å². The fraction of sp³-hybridized carbons (Fsp3) is 0.267. The molecule has 0 saturated carbocycles. The lowest BCUT2D eigenvalue weighted by Gasteiger charge is -2.02. The van der Waals surface area contributed by atoms with E-state index in [1.807, 2.05) is 30.3 Å². The van der Waals surface area contributed by atoms with Crippen molar-refractivity contribution >= 4 is 23.1 Å². The second-order valence-electron chi connectivity index (χ2n) is 4.23. The number of ether oxygens (including phenoxy) is 2. The highest BCUT2D eigenvalue weighted by Gasteiger charge is 2.21. The number of ketones is 1. The maximum atomic E-state index is 11.9. The molecule has 0 unspecified atom stereocenters. The van der Waals surface area contributed by atoms with Crippen LogP contribution in [0.15, 0.2) is 30.3 Å². The first-order valence-electron chi connectivity index (χ1n) is 6.47. The molecule has 1 aromatic carbocycles. The molecule has 0 aliphatic rings. The highest BCUT2D eigenvalue weighted by molar-refractivity contribution is 7.17. The Morgan fingerprint density at radius 2 is 1.95 bits per heavy atom. The van der Waals surface area contributed by atoms with Gasteiger partial charge < -0.3 is 9.47 Å². The molecule has 6 heteroatoms. The molecule has 1 heterocycles. The van der Waals surface area contributed by atoms with Crippen LogP contribution in [0.2, 0.25) is 0 Å². The Labute approximate surface area is 126 Å². The Kier molecular flexibility index (Phi) is 5.05. The second kappa shape index (κ2) is 6.99. The maximum absolute atomic E-state index is 11.9. The van der Waals surface area contributed by atoms with Gasteiger partial charge in [-0.1, -0.05) is 30.3 Å². The van der Waals surface area contributed by atoms with E-state index in [1.54, 1.807) is 6.92 Å². The van der Waals surface area contributed by atoms with Crippen molar-refractivity contribution in [1.29, 1.82) is 0 Å². The van der Waals surface area contributed by atoms with Gasteiger partial charge in [0.15, 0.2) is 10.7 Å². The van der Waals surface area contributed by atoms with Crippen LogP contribution >= 0.6 is 11.3 Å². The zero-order valence-corrected chi connectivity index (χ0v) is 12.6. The topological polar surface area (TPSA) is 65.5 Å². The quantitative estimate of drug-likeness (QED) is 0.768. The van der Waals surface area contributed by atoms with Gasteiger partial charge in [0, 0.05) is 5.56 Å². The Morgan fingerprint density at radius 1 is 1.24 bits per heavy atom. The minimum Gasteiger partial charge on any atom is -0.468 e. The number of aromatic nitrogens is 1. The molecule has 0 bridgehead atoms. The van der Waals surface area contributed by atoms with Gasteiger partial charge in [-0.25, -0.2) is 9.78 Å². The van der Waals surface area contributed by atoms with E-state index in [2.05, 4.69) is 4.98 Å². The Bertz CT molecular complexity index is 636. The van der Waals surface area contributed by atoms with E-state index >= 15 is 0 Å². The normalized spacial score (nSPS) is 10.2. The zero-order valence-electron chi connectivity index (χ0n) is 11.8. The molecule has 1 aromatic heterocycles. The van der Waals surface area contributed by atoms with Crippen LogP contribution < -0.4 is 4.74 Å². The summed E-state index contributed by atoms with van der Waals surface area (Å²) in [5, 5.41) is 0.650. The average Bonchev–Trinajstić information content (AvgIpc) is 2.90. The summed E-state index contributed by atoms with van der Waals surface area (Å²) in [7, 11) is 0. The van der Waals surface area contributed by atoms with Crippen LogP contribution in [0.25, 0.3) is 10.6 Å². The van der Waals surface area contributed by atoms with Gasteiger partial charge in [-0.2, -0.15) is 0 Å². The first-order valence-corrected chi connectivity index (χ1v) is 7.29. The molecule has 0 aliphatic heterocycles. The van der Waals surface area contributed by atoms with Gasteiger partial charge in [-0.3, -0.25) is 4.79 Å². The lowest BCUT2D eigenvalue weighted by atomic mass is 10.2. The van der Waals surface area contributed by atoms with Gasteiger partial charge in [-0.15, -0.1) is 11.3 Å². The van der Waals surface area contributed by atoms with E-state index in [0.717, 1.165) is 5.56 Å². The predicted octanol–water partition coefficient (Wildman–Crippen LogP) is 2.95. The number of benzene rings is 1. The molecule has 21 heavy (non-hydrogen) atoms. The lowest BCUT2D eigenvalue weighted by Crippen LogP contribution is -2.10. The molecule has 0 N–H and O–H groups in total. The molecular weight excluding hydrogens is 290 g/mol. The molecule has 0 atom stereocenters. The van der Waals surface area contributed by atoms with E-state index < -0.39 is 5.97 Å². The summed E-state index contributed by atoms with van der Waals surface area (Å²) < 4.78 is 10.3. The van der Waals surface area contributed by atoms with Gasteiger partial charge in [-0.05, 0) is 13.8 Å². The molecule has 2 rings (SSSR count). The molecule has 0 amide bonds. The number of rotatable bonds is 6. The van der Waals surface area contributed by atoms with Crippen molar-refractivity contribution < 1.29 is 19.1 Å². The van der Waals surface area contributed by atoms with Gasteiger partial charge in [0.2, 0.25) is 5.88 Å². The molecule has 5 nitrogen and oxygen atoms in total. The largest absolute Gasteiger partial charge is 0.468 e. The minimum absolute atomic E-state index is 0.121. The fourth-order valence-corrected chi connectivity index (χ4v) is 2.51. The van der Waals surface area contributed by atoms with Gasteiger partial charge >= 0.3 is 5.97 Å². The van der Waals surface area contributed by atoms with Crippen molar-refractivity contribution in [3.63, 3.8) is 0 Å². The zero-order chi connectivity index (χ0) is 15.2. The van der Waals surface area contributed by atoms with Gasteiger partial charge in [0.05, 0.1) is 6.61 Å². The third-order valence-electron chi connectivity index (χ3n) is 2.49. The number of carbonyl (C=O) groups is 2. The summed E-state index contributed by atoms with van der Waals surface area (Å²) in [4.78, 5) is 27.5. The number of thiazole rings is 1. The van der Waals surface area contributed by atoms with Crippen LogP contribution in [0.3, 0.4) is 0 Å². The van der Waals surface area contributed by atoms with Gasteiger partial charge in [0.1, 0.15) is 11.6 Å². The first kappa shape index (κ1) is 15.2. The third-order valence-corrected chi connectivity index (χ3v) is 3.56. The molecule has 2 aromatic rings. The van der Waals surface area contributed by atoms with Crippen LogP contribution in [-0.4, -0.2) is 30.0 Å². The summed E-state index contributed by atoms with van der Waals surface area (Å²) in [5.74, 6) is -0.484. The van der Waals surface area contributed by atoms with Crippen molar-refractivity contribution in [2.75, 3.05) is 13.2 Å². The van der Waals surface area contributed by atoms with Crippen molar-refractivity contribution in [2.24, 2.45) is 0 Å². The molecular formula is C15H15NO4S. The molecule has 0 spiro atoms. The van der Waals surface area contributed by atoms with E-state index in [0.29, 0.717) is 5.01 Å². The van der Waals surface area contributed by atoms with E-state index in [-0.39, 0.29) is 29.8 Å². The van der Waals surface area contributed by atoms with Crippen LogP contribution in [0.4, 0.5) is 0 Å². The summed E-state index contributed by atoms with van der Waals surface area (Å²) in [5.41, 5.74) is 0.880. The van der Waals surface area contributed by atoms with Crippen molar-refractivity contribution in [3.8, 4) is 16.5 Å². The van der Waals surface area contributed by atoms with Crippen LogP contribution in [0.5, 0.6) is 5.88 Å². The average molecular weight is 305 g/mol. The second-order valence-corrected chi connectivity index (χ2v) is 5.23. The highest BCUT2D eigenvalue weighted by Crippen LogP contribution is 2.33. The molecule has 110 valence electrons. The smallest absolute Gasteiger partial charge is 0.354 e. The monoisotopic (exact) mass is 305 g/mol. The van der Waals surface area contributed by atoms with E-state index in [9.17, 15) is 9.59 Å². The lowest BCUT2D eigenvalue weighted by molar-refractivity contribution is -0.119. The Balaban J connectivity index is 2.34. The summed E-state index contributed by atoms with van der Waals surface area (Å²) in [6.07, 6.45) is 0. The summed E-state index contributed by atoms with van der Waals surface area (Å²) >= 11 is 1.19. The van der Waals surface area contributed by atoms with Gasteiger partial charge in [0.25, 0.3) is 0 Å². The standard InChI is InChI=1S/C15H15NO4S/c1-3-19-15(18)12-13(20-9-10(2)17)16-14(21-12)11-7-5-4-6-8-11/h4-8H,3,9H2,1-2H3. The molecule has 0 radical (unpaired) electrons. The third kappa shape index (κ3) is 3.88. The maximum Gasteiger partial charge on any atom is 0.354 e. The summed E-state index contributed by atoms with van der Waals surface area (Å²) in [6, 6.07) is 9.45. The van der Waals surface area contributed by atoms with E-state index in [4.69, 9.17) is 9.47 Å².